The van der Waals surface area contributed by atoms with Gasteiger partial charge in [0.05, 0.1) is 6.04 Å². The van der Waals surface area contributed by atoms with Crippen molar-refractivity contribution >= 4 is 5.91 Å². The minimum absolute atomic E-state index is 0.0893. The number of hydrogen-bond donors (Lipinski definition) is 2. The van der Waals surface area contributed by atoms with Gasteiger partial charge in [-0.1, -0.05) is 6.08 Å². The summed E-state index contributed by atoms with van der Waals surface area (Å²) in [6, 6.07) is 0.323. The van der Waals surface area contributed by atoms with Gasteiger partial charge in [0, 0.05) is 12.6 Å². The van der Waals surface area contributed by atoms with E-state index in [-0.39, 0.29) is 11.9 Å². The molecule has 2 unspecified atom stereocenters. The molecule has 0 aromatic rings. The quantitative estimate of drug-likeness (QED) is 0.739. The van der Waals surface area contributed by atoms with E-state index < -0.39 is 0 Å². The average molecular weight is 290 g/mol. The number of nitrogens with one attached hydrogen (secondary N) is 2. The molecule has 1 amide bonds. The molecule has 0 aliphatic heterocycles. The summed E-state index contributed by atoms with van der Waals surface area (Å²) in [5.41, 5.74) is 0.460. The van der Waals surface area contributed by atoms with E-state index in [1.165, 1.54) is 38.5 Å². The molecule has 3 nitrogen and oxygen atoms in total. The maximum absolute atomic E-state index is 12.0. The summed E-state index contributed by atoms with van der Waals surface area (Å²) in [6.07, 6.45) is 10.3. The minimum Gasteiger partial charge on any atom is -0.351 e. The molecule has 0 saturated heterocycles. The second-order valence-corrected chi connectivity index (χ2v) is 7.92. The van der Waals surface area contributed by atoms with Crippen molar-refractivity contribution in [2.75, 3.05) is 6.54 Å². The van der Waals surface area contributed by atoms with Crippen LogP contribution in [0.25, 0.3) is 0 Å². The van der Waals surface area contributed by atoms with Crippen LogP contribution in [-0.2, 0) is 4.79 Å². The van der Waals surface area contributed by atoms with Crippen LogP contribution in [0.4, 0.5) is 0 Å². The molecule has 3 heteroatoms. The third-order valence-corrected chi connectivity index (χ3v) is 6.32. The fourth-order valence-electron chi connectivity index (χ4n) is 5.66. The van der Waals surface area contributed by atoms with Crippen LogP contribution in [0.2, 0.25) is 0 Å². The van der Waals surface area contributed by atoms with Gasteiger partial charge in [0.1, 0.15) is 0 Å². The molecule has 0 aromatic heterocycles. The highest BCUT2D eigenvalue weighted by atomic mass is 16.2. The maximum atomic E-state index is 12.0. The van der Waals surface area contributed by atoms with Crippen molar-refractivity contribution in [3.63, 3.8) is 0 Å². The Balaban J connectivity index is 1.61. The lowest BCUT2D eigenvalue weighted by molar-refractivity contribution is -0.123. The fraction of sp³-hybridized carbons (Fsp3) is 0.833. The predicted octanol–water partition coefficient (Wildman–Crippen LogP) is 2.87. The third-order valence-electron chi connectivity index (χ3n) is 6.32. The Labute approximate surface area is 128 Å². The Kier molecular flexibility index (Phi) is 4.13. The van der Waals surface area contributed by atoms with Crippen LogP contribution in [0.5, 0.6) is 0 Å². The lowest BCUT2D eigenvalue weighted by atomic mass is 9.48. The number of carbonyl (C=O) groups excluding carboxylic acids is 1. The summed E-state index contributed by atoms with van der Waals surface area (Å²) >= 11 is 0. The zero-order valence-corrected chi connectivity index (χ0v) is 13.5. The highest BCUT2D eigenvalue weighted by Crippen LogP contribution is 2.61. The SMILES string of the molecule is C=CCNC(=O)C(C)NC(C)C12CC3CC(CC(C3)C1)C2. The molecule has 0 spiro atoms. The first-order chi connectivity index (χ1) is 10.0. The fourth-order valence-corrected chi connectivity index (χ4v) is 5.66. The first-order valence-corrected chi connectivity index (χ1v) is 8.67. The van der Waals surface area contributed by atoms with E-state index in [0.29, 0.717) is 18.0 Å². The largest absolute Gasteiger partial charge is 0.351 e. The topological polar surface area (TPSA) is 41.1 Å². The van der Waals surface area contributed by atoms with Gasteiger partial charge in [0.15, 0.2) is 0 Å². The predicted molar refractivity (Wildman–Crippen MR) is 85.9 cm³/mol. The van der Waals surface area contributed by atoms with Crippen molar-refractivity contribution in [2.24, 2.45) is 23.2 Å². The van der Waals surface area contributed by atoms with Crippen molar-refractivity contribution in [3.8, 4) is 0 Å². The summed E-state index contributed by atoms with van der Waals surface area (Å²) in [6.45, 7) is 8.49. The Morgan fingerprint density at radius 1 is 1.19 bits per heavy atom. The van der Waals surface area contributed by atoms with Crippen LogP contribution >= 0.6 is 0 Å². The summed E-state index contributed by atoms with van der Waals surface area (Å²) in [7, 11) is 0. The van der Waals surface area contributed by atoms with Crippen molar-refractivity contribution in [1.82, 2.24) is 10.6 Å². The average Bonchev–Trinajstić information content (AvgIpc) is 2.43. The molecule has 21 heavy (non-hydrogen) atoms. The van der Waals surface area contributed by atoms with E-state index in [1.807, 2.05) is 6.92 Å². The van der Waals surface area contributed by atoms with Crippen molar-refractivity contribution in [2.45, 2.75) is 64.5 Å². The van der Waals surface area contributed by atoms with E-state index in [1.54, 1.807) is 6.08 Å². The molecular weight excluding hydrogens is 260 g/mol. The molecule has 4 aliphatic rings. The number of amides is 1. The van der Waals surface area contributed by atoms with Crippen molar-refractivity contribution in [1.29, 1.82) is 0 Å². The summed E-state index contributed by atoms with van der Waals surface area (Å²) in [5.74, 6) is 2.98. The van der Waals surface area contributed by atoms with E-state index in [4.69, 9.17) is 0 Å². The van der Waals surface area contributed by atoms with E-state index >= 15 is 0 Å². The standard InChI is InChI=1S/C18H30N2O/c1-4-5-19-17(21)12(2)20-13(3)18-9-14-6-15(10-18)8-16(7-14)11-18/h4,12-16,20H,1,5-11H2,2-3H3,(H,19,21). The van der Waals surface area contributed by atoms with Crippen molar-refractivity contribution < 1.29 is 4.79 Å². The van der Waals surface area contributed by atoms with Gasteiger partial charge in [0.25, 0.3) is 0 Å². The number of hydrogen-bond acceptors (Lipinski definition) is 2. The number of carbonyl (C=O) groups is 1. The minimum atomic E-state index is -0.118. The zero-order chi connectivity index (χ0) is 15.0. The molecule has 2 N–H and O–H groups in total. The van der Waals surface area contributed by atoms with Crippen LogP contribution in [0.3, 0.4) is 0 Å². The molecule has 4 rings (SSSR count). The van der Waals surface area contributed by atoms with Gasteiger partial charge in [-0.3, -0.25) is 4.79 Å². The van der Waals surface area contributed by atoms with Crippen molar-refractivity contribution in [3.05, 3.63) is 12.7 Å². The Morgan fingerprint density at radius 3 is 2.19 bits per heavy atom. The molecular formula is C18H30N2O. The summed E-state index contributed by atoms with van der Waals surface area (Å²) in [5, 5.41) is 6.49. The number of rotatable bonds is 6. The molecule has 0 aromatic carbocycles. The summed E-state index contributed by atoms with van der Waals surface area (Å²) < 4.78 is 0. The molecule has 4 bridgehead atoms. The highest BCUT2D eigenvalue weighted by molar-refractivity contribution is 5.81. The van der Waals surface area contributed by atoms with Crippen LogP contribution in [0.15, 0.2) is 12.7 Å². The van der Waals surface area contributed by atoms with Gasteiger partial charge in [-0.25, -0.2) is 0 Å². The van der Waals surface area contributed by atoms with E-state index in [0.717, 1.165) is 17.8 Å². The van der Waals surface area contributed by atoms with E-state index in [2.05, 4.69) is 24.1 Å². The lowest BCUT2D eigenvalue weighted by Gasteiger charge is -2.59. The van der Waals surface area contributed by atoms with Gasteiger partial charge in [0.2, 0.25) is 5.91 Å². The smallest absolute Gasteiger partial charge is 0.237 e. The van der Waals surface area contributed by atoms with Crippen LogP contribution in [0.1, 0.15) is 52.4 Å². The van der Waals surface area contributed by atoms with Gasteiger partial charge in [-0.05, 0) is 75.5 Å². The highest BCUT2D eigenvalue weighted by Gasteiger charge is 2.53. The Morgan fingerprint density at radius 2 is 1.71 bits per heavy atom. The normalized spacial score (nSPS) is 39.8. The molecule has 4 aliphatic carbocycles. The first-order valence-electron chi connectivity index (χ1n) is 8.67. The third kappa shape index (κ3) is 2.90. The zero-order valence-electron chi connectivity index (χ0n) is 13.5. The molecule has 4 fully saturated rings. The second-order valence-electron chi connectivity index (χ2n) is 7.92. The molecule has 0 radical (unpaired) electrons. The van der Waals surface area contributed by atoms with Gasteiger partial charge in [-0.15, -0.1) is 6.58 Å². The summed E-state index contributed by atoms with van der Waals surface area (Å²) in [4.78, 5) is 12.0. The first kappa shape index (κ1) is 15.1. The molecule has 118 valence electrons. The molecule has 0 heterocycles. The molecule has 2 atom stereocenters. The van der Waals surface area contributed by atoms with Gasteiger partial charge >= 0.3 is 0 Å². The van der Waals surface area contributed by atoms with Crippen LogP contribution < -0.4 is 10.6 Å². The van der Waals surface area contributed by atoms with Crippen LogP contribution in [0, 0.1) is 23.2 Å². The van der Waals surface area contributed by atoms with Gasteiger partial charge in [-0.2, -0.15) is 0 Å². The maximum Gasteiger partial charge on any atom is 0.237 e. The lowest BCUT2D eigenvalue weighted by Crippen LogP contribution is -2.58. The monoisotopic (exact) mass is 290 g/mol. The second kappa shape index (κ2) is 5.75. The van der Waals surface area contributed by atoms with Crippen LogP contribution in [-0.4, -0.2) is 24.5 Å². The Bertz CT molecular complexity index is 382. The Hall–Kier alpha value is -0.830. The van der Waals surface area contributed by atoms with E-state index in [9.17, 15) is 4.79 Å². The molecule has 4 saturated carbocycles. The van der Waals surface area contributed by atoms with Gasteiger partial charge < -0.3 is 10.6 Å².